The maximum absolute atomic E-state index is 12.6. The second kappa shape index (κ2) is 6.49. The third-order valence-electron chi connectivity index (χ3n) is 4.74. The lowest BCUT2D eigenvalue weighted by Gasteiger charge is -2.17. The topological polar surface area (TPSA) is 26.3 Å². The Morgan fingerprint density at radius 2 is 1.38 bits per heavy atom. The molecular weight excluding hydrogens is 320 g/mol. The van der Waals surface area contributed by atoms with Crippen molar-refractivity contribution in [1.29, 1.82) is 0 Å². The van der Waals surface area contributed by atoms with Gasteiger partial charge in [-0.1, -0.05) is 67.2 Å². The first kappa shape index (κ1) is 16.1. The SMILES string of the molecule is C=CC(=O)c1ccc2ccccc2c1-c1c(OC)ccc2ccccc12. The van der Waals surface area contributed by atoms with Gasteiger partial charge in [0.25, 0.3) is 0 Å². The number of fused-ring (bicyclic) bond motifs is 2. The van der Waals surface area contributed by atoms with E-state index in [4.69, 9.17) is 4.74 Å². The normalized spacial score (nSPS) is 10.8. The van der Waals surface area contributed by atoms with Crippen molar-refractivity contribution in [3.8, 4) is 16.9 Å². The maximum atomic E-state index is 12.6. The summed E-state index contributed by atoms with van der Waals surface area (Å²) in [6.07, 6.45) is 1.37. The van der Waals surface area contributed by atoms with Crippen LogP contribution in [-0.4, -0.2) is 12.9 Å². The van der Waals surface area contributed by atoms with Crippen molar-refractivity contribution >= 4 is 27.3 Å². The van der Waals surface area contributed by atoms with Gasteiger partial charge < -0.3 is 4.74 Å². The van der Waals surface area contributed by atoms with Crippen LogP contribution < -0.4 is 4.74 Å². The van der Waals surface area contributed by atoms with E-state index in [0.29, 0.717) is 5.56 Å². The molecule has 0 amide bonds. The van der Waals surface area contributed by atoms with Gasteiger partial charge in [0.1, 0.15) is 5.75 Å². The molecule has 0 heterocycles. The molecule has 4 aromatic rings. The molecular formula is C24H18O2. The van der Waals surface area contributed by atoms with Crippen molar-refractivity contribution in [2.24, 2.45) is 0 Å². The highest BCUT2D eigenvalue weighted by molar-refractivity contribution is 6.18. The molecule has 0 spiro atoms. The van der Waals surface area contributed by atoms with Crippen LogP contribution in [0.25, 0.3) is 32.7 Å². The van der Waals surface area contributed by atoms with E-state index in [0.717, 1.165) is 38.4 Å². The van der Waals surface area contributed by atoms with Crippen molar-refractivity contribution in [1.82, 2.24) is 0 Å². The molecule has 4 rings (SSSR count). The number of methoxy groups -OCH3 is 1. The molecule has 0 bridgehead atoms. The van der Waals surface area contributed by atoms with Crippen molar-refractivity contribution in [2.45, 2.75) is 0 Å². The van der Waals surface area contributed by atoms with Crippen molar-refractivity contribution in [2.75, 3.05) is 7.11 Å². The average Bonchev–Trinajstić information content (AvgIpc) is 2.71. The fourth-order valence-electron chi connectivity index (χ4n) is 3.54. The number of ether oxygens (including phenoxy) is 1. The number of benzene rings is 4. The summed E-state index contributed by atoms with van der Waals surface area (Å²) < 4.78 is 5.69. The quantitative estimate of drug-likeness (QED) is 0.335. The van der Waals surface area contributed by atoms with Crippen LogP contribution in [0.1, 0.15) is 10.4 Å². The van der Waals surface area contributed by atoms with Gasteiger partial charge in [0.05, 0.1) is 7.11 Å². The highest BCUT2D eigenvalue weighted by Crippen LogP contribution is 2.42. The Hall–Kier alpha value is -3.39. The summed E-state index contributed by atoms with van der Waals surface area (Å²) in [5, 5.41) is 4.27. The number of carbonyl (C=O) groups is 1. The summed E-state index contributed by atoms with van der Waals surface area (Å²) >= 11 is 0. The Morgan fingerprint density at radius 3 is 2.00 bits per heavy atom. The van der Waals surface area contributed by atoms with E-state index in [2.05, 4.69) is 24.8 Å². The molecule has 0 N–H and O–H groups in total. The Kier molecular flexibility index (Phi) is 4.02. The number of rotatable bonds is 4. The minimum Gasteiger partial charge on any atom is -0.496 e. The van der Waals surface area contributed by atoms with E-state index >= 15 is 0 Å². The molecule has 0 aromatic heterocycles. The summed E-state index contributed by atoms with van der Waals surface area (Å²) in [6.45, 7) is 3.68. The van der Waals surface area contributed by atoms with Gasteiger partial charge in [-0.05, 0) is 39.8 Å². The molecule has 0 fully saturated rings. The van der Waals surface area contributed by atoms with Gasteiger partial charge in [-0.3, -0.25) is 4.79 Å². The fourth-order valence-corrected chi connectivity index (χ4v) is 3.54. The molecule has 0 saturated carbocycles. The van der Waals surface area contributed by atoms with Gasteiger partial charge in [-0.2, -0.15) is 0 Å². The van der Waals surface area contributed by atoms with Crippen LogP contribution in [0.3, 0.4) is 0 Å². The van der Waals surface area contributed by atoms with Crippen molar-refractivity contribution < 1.29 is 9.53 Å². The highest BCUT2D eigenvalue weighted by Gasteiger charge is 2.19. The third-order valence-corrected chi connectivity index (χ3v) is 4.74. The molecule has 0 atom stereocenters. The van der Waals surface area contributed by atoms with Gasteiger partial charge in [0.15, 0.2) is 5.78 Å². The van der Waals surface area contributed by atoms with Crippen LogP contribution in [0.15, 0.2) is 85.5 Å². The second-order valence-corrected chi connectivity index (χ2v) is 6.14. The van der Waals surface area contributed by atoms with Crippen LogP contribution >= 0.6 is 0 Å². The van der Waals surface area contributed by atoms with E-state index in [1.54, 1.807) is 7.11 Å². The molecule has 0 radical (unpaired) electrons. The van der Waals surface area contributed by atoms with Crippen LogP contribution in [0.5, 0.6) is 5.75 Å². The predicted octanol–water partition coefficient (Wildman–Crippen LogP) is 6.04. The van der Waals surface area contributed by atoms with Crippen LogP contribution in [0, 0.1) is 0 Å². The fraction of sp³-hybridized carbons (Fsp3) is 0.0417. The number of hydrogen-bond acceptors (Lipinski definition) is 2. The first-order chi connectivity index (χ1) is 12.7. The Balaban J connectivity index is 2.23. The van der Waals surface area contributed by atoms with E-state index < -0.39 is 0 Å². The van der Waals surface area contributed by atoms with Gasteiger partial charge in [-0.15, -0.1) is 0 Å². The molecule has 0 aliphatic rings. The monoisotopic (exact) mass is 338 g/mol. The van der Waals surface area contributed by atoms with E-state index in [1.807, 2.05) is 54.6 Å². The van der Waals surface area contributed by atoms with Gasteiger partial charge in [0.2, 0.25) is 0 Å². The van der Waals surface area contributed by atoms with E-state index in [1.165, 1.54) is 6.08 Å². The molecule has 0 aliphatic carbocycles. The van der Waals surface area contributed by atoms with Gasteiger partial charge in [-0.25, -0.2) is 0 Å². The van der Waals surface area contributed by atoms with Crippen molar-refractivity contribution in [3.05, 3.63) is 91.0 Å². The minimum absolute atomic E-state index is 0.0965. The smallest absolute Gasteiger partial charge is 0.185 e. The maximum Gasteiger partial charge on any atom is 0.185 e. The predicted molar refractivity (Wildman–Crippen MR) is 108 cm³/mol. The number of hydrogen-bond donors (Lipinski definition) is 0. The Morgan fingerprint density at radius 1 is 0.808 bits per heavy atom. The Bertz CT molecular complexity index is 1160. The second-order valence-electron chi connectivity index (χ2n) is 6.14. The molecule has 2 nitrogen and oxygen atoms in total. The van der Waals surface area contributed by atoms with E-state index in [-0.39, 0.29) is 5.78 Å². The van der Waals surface area contributed by atoms with Gasteiger partial charge in [0, 0.05) is 16.7 Å². The van der Waals surface area contributed by atoms with Crippen molar-refractivity contribution in [3.63, 3.8) is 0 Å². The summed E-state index contributed by atoms with van der Waals surface area (Å²) in [6, 6.07) is 24.1. The average molecular weight is 338 g/mol. The van der Waals surface area contributed by atoms with Crippen LogP contribution in [0.2, 0.25) is 0 Å². The number of allylic oxidation sites excluding steroid dienone is 1. The molecule has 0 saturated heterocycles. The molecule has 4 aromatic carbocycles. The molecule has 126 valence electrons. The lowest BCUT2D eigenvalue weighted by atomic mass is 9.88. The zero-order valence-electron chi connectivity index (χ0n) is 14.5. The number of carbonyl (C=O) groups excluding carboxylic acids is 1. The summed E-state index contributed by atoms with van der Waals surface area (Å²) in [5.74, 6) is 0.652. The van der Waals surface area contributed by atoms with E-state index in [9.17, 15) is 4.79 Å². The Labute approximate surface area is 152 Å². The zero-order chi connectivity index (χ0) is 18.1. The number of ketones is 1. The molecule has 2 heteroatoms. The molecule has 0 aliphatic heterocycles. The highest BCUT2D eigenvalue weighted by atomic mass is 16.5. The molecule has 0 unspecified atom stereocenters. The largest absolute Gasteiger partial charge is 0.496 e. The first-order valence-corrected chi connectivity index (χ1v) is 8.49. The lowest BCUT2D eigenvalue weighted by molar-refractivity contribution is 0.104. The summed E-state index contributed by atoms with van der Waals surface area (Å²) in [7, 11) is 1.66. The molecule has 26 heavy (non-hydrogen) atoms. The standard InChI is InChI=1S/C24H18O2/c1-3-21(25)20-14-12-16-8-4-6-10-18(16)23(20)24-19-11-7-5-9-17(19)13-15-22(24)26-2/h3-15H,1H2,2H3. The zero-order valence-corrected chi connectivity index (χ0v) is 14.5. The van der Waals surface area contributed by atoms with Gasteiger partial charge >= 0.3 is 0 Å². The summed E-state index contributed by atoms with van der Waals surface area (Å²) in [4.78, 5) is 12.6. The minimum atomic E-state index is -0.0965. The van der Waals surface area contributed by atoms with Crippen LogP contribution in [0.4, 0.5) is 0 Å². The van der Waals surface area contributed by atoms with Crippen LogP contribution in [-0.2, 0) is 0 Å². The summed E-state index contributed by atoms with van der Waals surface area (Å²) in [5.41, 5.74) is 2.46. The first-order valence-electron chi connectivity index (χ1n) is 8.49. The lowest BCUT2D eigenvalue weighted by Crippen LogP contribution is -2.00. The third kappa shape index (κ3) is 2.47.